The van der Waals surface area contributed by atoms with Crippen LogP contribution in [0.1, 0.15) is 10.4 Å². The number of carbonyl (C=O) groups excluding carboxylic acids is 1. The Bertz CT molecular complexity index is 1380. The number of fused-ring (bicyclic) bond motifs is 1. The number of pyridine rings is 2. The Morgan fingerprint density at radius 3 is 2.64 bits per heavy atom. The van der Waals surface area contributed by atoms with E-state index < -0.39 is 11.2 Å². The molecule has 5 rings (SSSR count). The number of hydrogen-bond donors (Lipinski definition) is 1. The predicted octanol–water partition coefficient (Wildman–Crippen LogP) is 4.53. The van der Waals surface area contributed by atoms with Crippen LogP contribution in [0.15, 0.2) is 73.1 Å². The van der Waals surface area contributed by atoms with Gasteiger partial charge in [-0.25, -0.2) is 13.5 Å². The van der Waals surface area contributed by atoms with Gasteiger partial charge in [-0.3, -0.25) is 14.1 Å². The first-order valence-electron chi connectivity index (χ1n) is 10.3. The van der Waals surface area contributed by atoms with Gasteiger partial charge in [0.25, 0.3) is 5.91 Å². The number of aromatic nitrogens is 2. The monoisotopic (exact) mass is 477 g/mol. The maximum absolute atomic E-state index is 12.8. The Labute approximate surface area is 198 Å². The second-order valence-electron chi connectivity index (χ2n) is 7.64. The molecule has 1 N–H and O–H groups in total. The van der Waals surface area contributed by atoms with Crippen LogP contribution in [0.3, 0.4) is 0 Å². The molecule has 4 aromatic rings. The van der Waals surface area contributed by atoms with Gasteiger partial charge in [-0.15, -0.1) is 0 Å². The molecule has 7 nitrogen and oxygen atoms in total. The molecule has 1 saturated heterocycles. The van der Waals surface area contributed by atoms with Crippen molar-refractivity contribution in [2.45, 2.75) is 0 Å². The highest BCUT2D eigenvalue weighted by Crippen LogP contribution is 2.31. The molecule has 166 valence electrons. The third-order valence-electron chi connectivity index (χ3n) is 5.48. The molecule has 0 radical (unpaired) electrons. The number of nitrogens with one attached hydrogen (secondary N) is 1. The van der Waals surface area contributed by atoms with Gasteiger partial charge in [0.2, 0.25) is 0 Å². The van der Waals surface area contributed by atoms with Crippen LogP contribution in [0.4, 0.5) is 11.4 Å². The van der Waals surface area contributed by atoms with E-state index in [1.165, 1.54) is 0 Å². The van der Waals surface area contributed by atoms with E-state index in [1.807, 2.05) is 43.4 Å². The average molecular weight is 478 g/mol. The van der Waals surface area contributed by atoms with Crippen molar-refractivity contribution >= 4 is 51.0 Å². The molecule has 3 heterocycles. The summed E-state index contributed by atoms with van der Waals surface area (Å²) in [6.07, 6.45) is 3.46. The largest absolute Gasteiger partial charge is 0.322 e. The smallest absolute Gasteiger partial charge is 0.255 e. The average Bonchev–Trinajstić information content (AvgIpc) is 3.18. The Hall–Kier alpha value is -3.33. The number of likely N-dealkylation sites (N-methyl/N-ethyl adjacent to an activating group) is 1. The van der Waals surface area contributed by atoms with Crippen molar-refractivity contribution in [3.63, 3.8) is 0 Å². The van der Waals surface area contributed by atoms with Crippen LogP contribution in [0, 0.1) is 0 Å². The number of hydrogen-bond acceptors (Lipinski definition) is 4. The molecule has 1 amide bonds. The lowest BCUT2D eigenvalue weighted by molar-refractivity contribution is 0.102. The van der Waals surface area contributed by atoms with Crippen LogP contribution >= 0.6 is 11.6 Å². The maximum Gasteiger partial charge on any atom is 0.255 e. The molecule has 0 saturated carbocycles. The Morgan fingerprint density at radius 2 is 1.88 bits per heavy atom. The molecule has 1 atom stereocenters. The van der Waals surface area contributed by atoms with Gasteiger partial charge in [-0.1, -0.05) is 11.6 Å². The minimum Gasteiger partial charge on any atom is -0.322 e. The van der Waals surface area contributed by atoms with E-state index in [1.54, 1.807) is 45.3 Å². The van der Waals surface area contributed by atoms with E-state index in [2.05, 4.69) is 15.3 Å². The number of benzene rings is 2. The topological polar surface area (TPSA) is 78.4 Å². The second kappa shape index (κ2) is 8.90. The van der Waals surface area contributed by atoms with Gasteiger partial charge < -0.3 is 5.32 Å². The summed E-state index contributed by atoms with van der Waals surface area (Å²) >= 11 is 5.25. The summed E-state index contributed by atoms with van der Waals surface area (Å²) in [4.78, 5) is 21.6. The summed E-state index contributed by atoms with van der Waals surface area (Å²) in [5, 5.41) is 4.40. The number of rotatable bonds is 4. The number of halogens is 1. The van der Waals surface area contributed by atoms with Gasteiger partial charge in [0.05, 0.1) is 21.9 Å². The van der Waals surface area contributed by atoms with Crippen molar-refractivity contribution in [2.75, 3.05) is 29.8 Å². The van der Waals surface area contributed by atoms with E-state index in [0.717, 1.165) is 28.7 Å². The van der Waals surface area contributed by atoms with Crippen LogP contribution in [0.5, 0.6) is 0 Å². The lowest BCUT2D eigenvalue weighted by atomic mass is 10.1. The second-order valence-corrected chi connectivity index (χ2v) is 9.58. The fourth-order valence-electron chi connectivity index (χ4n) is 3.67. The molecule has 2 aromatic carbocycles. The third kappa shape index (κ3) is 4.32. The predicted molar refractivity (Wildman–Crippen MR) is 132 cm³/mol. The number of anilines is 2. The lowest BCUT2D eigenvalue weighted by Crippen LogP contribution is -2.23. The van der Waals surface area contributed by atoms with Crippen molar-refractivity contribution in [1.29, 1.82) is 0 Å². The molecule has 9 heteroatoms. The molecule has 1 aliphatic heterocycles. The highest BCUT2D eigenvalue weighted by atomic mass is 35.5. The highest BCUT2D eigenvalue weighted by molar-refractivity contribution is 7.84. The molecule has 1 aliphatic rings. The molecule has 0 aliphatic carbocycles. The highest BCUT2D eigenvalue weighted by Gasteiger charge is 2.25. The maximum atomic E-state index is 12.8. The lowest BCUT2D eigenvalue weighted by Gasteiger charge is -2.16. The molecular weight excluding hydrogens is 458 g/mol. The Balaban J connectivity index is 1.36. The molecule has 0 spiro atoms. The summed E-state index contributed by atoms with van der Waals surface area (Å²) in [7, 11) is 1.82. The summed E-state index contributed by atoms with van der Waals surface area (Å²) in [6, 6.07) is 18.1. The first-order chi connectivity index (χ1) is 16.0. The fraction of sp³-hybridized carbons (Fsp3) is 0.125. The van der Waals surface area contributed by atoms with Crippen molar-refractivity contribution in [2.24, 2.45) is 0 Å². The molecule has 33 heavy (non-hydrogen) atoms. The summed E-state index contributed by atoms with van der Waals surface area (Å²) in [5.74, 6) is -0.243. The minimum atomic E-state index is -1.19. The van der Waals surface area contributed by atoms with Gasteiger partial charge in [-0.05, 0) is 60.7 Å². The normalized spacial score (nSPS) is 16.3. The van der Waals surface area contributed by atoms with Gasteiger partial charge in [-0.2, -0.15) is 0 Å². The number of nitrogens with zero attached hydrogens (tertiary/aromatic N) is 4. The van der Waals surface area contributed by atoms with Gasteiger partial charge in [0.1, 0.15) is 0 Å². The zero-order valence-corrected chi connectivity index (χ0v) is 19.3. The van der Waals surface area contributed by atoms with Crippen molar-refractivity contribution in [3.05, 3.63) is 83.6 Å². The minimum absolute atomic E-state index is 0.243. The molecule has 1 fully saturated rings. The zero-order valence-electron chi connectivity index (χ0n) is 17.7. The van der Waals surface area contributed by atoms with E-state index in [0.29, 0.717) is 28.5 Å². The van der Waals surface area contributed by atoms with Crippen LogP contribution in [-0.2, 0) is 11.2 Å². The first kappa shape index (κ1) is 21.5. The van der Waals surface area contributed by atoms with Gasteiger partial charge >= 0.3 is 0 Å². The number of carbonyl (C=O) groups is 1. The Morgan fingerprint density at radius 1 is 1.06 bits per heavy atom. The van der Waals surface area contributed by atoms with Crippen LogP contribution in [-0.4, -0.2) is 44.5 Å². The van der Waals surface area contributed by atoms with E-state index in [4.69, 9.17) is 11.6 Å². The SMILES string of the molecule is CN1CCN(c2ccc(C(=O)Nc3ccc(Cl)c(-c4ccc5cnccc5n4)c3)cc2)S1=O. The van der Waals surface area contributed by atoms with E-state index in [9.17, 15) is 9.00 Å². The van der Waals surface area contributed by atoms with E-state index in [-0.39, 0.29) is 5.91 Å². The Kier molecular flexibility index (Phi) is 5.80. The summed E-state index contributed by atoms with van der Waals surface area (Å²) in [5.41, 5.74) is 4.19. The molecule has 2 aromatic heterocycles. The summed E-state index contributed by atoms with van der Waals surface area (Å²) in [6.45, 7) is 1.41. The zero-order chi connectivity index (χ0) is 22.9. The van der Waals surface area contributed by atoms with E-state index >= 15 is 0 Å². The first-order valence-corrected chi connectivity index (χ1v) is 11.8. The van der Waals surface area contributed by atoms with Crippen LogP contribution in [0.2, 0.25) is 5.02 Å². The van der Waals surface area contributed by atoms with Gasteiger partial charge in [0, 0.05) is 54.7 Å². The molecular formula is C24H20ClN5O2S. The van der Waals surface area contributed by atoms with Gasteiger partial charge in [0.15, 0.2) is 11.2 Å². The van der Waals surface area contributed by atoms with Crippen LogP contribution in [0.25, 0.3) is 22.2 Å². The quantitative estimate of drug-likeness (QED) is 0.468. The van der Waals surface area contributed by atoms with Crippen molar-refractivity contribution in [1.82, 2.24) is 14.3 Å². The van der Waals surface area contributed by atoms with Crippen LogP contribution < -0.4 is 9.62 Å². The molecule has 0 bridgehead atoms. The third-order valence-corrected chi connectivity index (χ3v) is 7.30. The number of amides is 1. The molecule has 1 unspecified atom stereocenters. The van der Waals surface area contributed by atoms with Crippen molar-refractivity contribution < 1.29 is 9.00 Å². The fourth-order valence-corrected chi connectivity index (χ4v) is 5.00. The summed E-state index contributed by atoms with van der Waals surface area (Å²) < 4.78 is 15.9. The standard InChI is InChI=1S/C24H20ClN5O2S/c1-29-12-13-30(33(29)32)19-6-2-16(3-7-19)24(31)27-18-5-8-21(25)20(14-18)23-9-4-17-15-26-11-10-22(17)28-23/h2-11,14-15H,12-13H2,1H3,(H,27,31). The van der Waals surface area contributed by atoms with Crippen molar-refractivity contribution in [3.8, 4) is 11.3 Å².